The summed E-state index contributed by atoms with van der Waals surface area (Å²) in [5.41, 5.74) is 3.49. The Kier molecular flexibility index (Phi) is 4.08. The number of nitrogens with zero attached hydrogens (tertiary/aromatic N) is 5. The highest BCUT2D eigenvalue weighted by atomic mass is 16.5. The Morgan fingerprint density at radius 2 is 2.11 bits per heavy atom. The van der Waals surface area contributed by atoms with Gasteiger partial charge in [0.2, 0.25) is 11.9 Å². The fraction of sp³-hybridized carbons (Fsp3) is 0.400. The van der Waals surface area contributed by atoms with Crippen LogP contribution in [-0.4, -0.2) is 38.4 Å². The first-order valence-corrected chi connectivity index (χ1v) is 5.69. The van der Waals surface area contributed by atoms with Gasteiger partial charge in [0.25, 0.3) is 0 Å². The van der Waals surface area contributed by atoms with Crippen molar-refractivity contribution in [2.75, 3.05) is 24.4 Å². The standard InChI is InChI=1S/C10H16N8O/c1-18-6-7(5-13-18)3-4-12-8-14-9(17-11)16-10(15-8)19-2/h5-6H,3-4,11H2,1-2H3,(H2,12,14,15,16,17). The smallest absolute Gasteiger partial charge is 0.322 e. The minimum atomic E-state index is 0.201. The lowest BCUT2D eigenvalue weighted by atomic mass is 10.2. The summed E-state index contributed by atoms with van der Waals surface area (Å²) in [6, 6.07) is 0.201. The largest absolute Gasteiger partial charge is 0.467 e. The van der Waals surface area contributed by atoms with Gasteiger partial charge in [0.05, 0.1) is 13.3 Å². The summed E-state index contributed by atoms with van der Waals surface area (Å²) in [4.78, 5) is 12.0. The lowest BCUT2D eigenvalue weighted by Gasteiger charge is -2.06. The zero-order chi connectivity index (χ0) is 13.7. The monoisotopic (exact) mass is 264 g/mol. The van der Waals surface area contributed by atoms with E-state index in [9.17, 15) is 0 Å². The summed E-state index contributed by atoms with van der Waals surface area (Å²) in [7, 11) is 3.36. The molecule has 4 N–H and O–H groups in total. The van der Waals surface area contributed by atoms with Crippen LogP contribution in [0.1, 0.15) is 5.56 Å². The average molecular weight is 264 g/mol. The second-order valence-corrected chi connectivity index (χ2v) is 3.81. The Balaban J connectivity index is 1.95. The second kappa shape index (κ2) is 5.96. The molecular formula is C10H16N8O. The second-order valence-electron chi connectivity index (χ2n) is 3.81. The van der Waals surface area contributed by atoms with Gasteiger partial charge in [-0.15, -0.1) is 0 Å². The number of methoxy groups -OCH3 is 1. The van der Waals surface area contributed by atoms with Gasteiger partial charge < -0.3 is 10.1 Å². The number of hydrazine groups is 1. The van der Waals surface area contributed by atoms with Crippen molar-refractivity contribution < 1.29 is 4.74 Å². The maximum absolute atomic E-state index is 5.27. The predicted molar refractivity (Wildman–Crippen MR) is 69.6 cm³/mol. The van der Waals surface area contributed by atoms with Crippen molar-refractivity contribution in [3.05, 3.63) is 18.0 Å². The fourth-order valence-electron chi connectivity index (χ4n) is 1.51. The van der Waals surface area contributed by atoms with Gasteiger partial charge in [0, 0.05) is 19.8 Å². The van der Waals surface area contributed by atoms with Crippen LogP contribution >= 0.6 is 0 Å². The van der Waals surface area contributed by atoms with Crippen LogP contribution in [0.2, 0.25) is 0 Å². The van der Waals surface area contributed by atoms with Crippen LogP contribution in [-0.2, 0) is 13.5 Å². The quantitative estimate of drug-likeness (QED) is 0.475. The first-order valence-electron chi connectivity index (χ1n) is 5.69. The minimum Gasteiger partial charge on any atom is -0.467 e. The number of hydrogen-bond donors (Lipinski definition) is 3. The van der Waals surface area contributed by atoms with E-state index in [1.54, 1.807) is 4.68 Å². The SMILES string of the molecule is COc1nc(NN)nc(NCCc2cnn(C)c2)n1. The molecule has 2 heterocycles. The summed E-state index contributed by atoms with van der Waals surface area (Å²) in [5, 5.41) is 7.18. The number of rotatable bonds is 6. The summed E-state index contributed by atoms with van der Waals surface area (Å²) in [6.07, 6.45) is 4.60. The Bertz CT molecular complexity index is 518. The van der Waals surface area contributed by atoms with Crippen molar-refractivity contribution in [2.24, 2.45) is 12.9 Å². The topological polar surface area (TPSA) is 116 Å². The van der Waals surface area contributed by atoms with Gasteiger partial charge in [0.1, 0.15) is 0 Å². The number of aromatic nitrogens is 5. The van der Waals surface area contributed by atoms with Crippen molar-refractivity contribution in [1.82, 2.24) is 24.7 Å². The molecule has 0 bridgehead atoms. The zero-order valence-electron chi connectivity index (χ0n) is 10.8. The third kappa shape index (κ3) is 3.52. The predicted octanol–water partition coefficient (Wildman–Crippen LogP) is -0.446. The van der Waals surface area contributed by atoms with E-state index in [1.807, 2.05) is 19.4 Å². The summed E-state index contributed by atoms with van der Waals surface area (Å²) in [5.74, 6) is 5.92. The molecule has 0 saturated heterocycles. The van der Waals surface area contributed by atoms with E-state index in [4.69, 9.17) is 10.6 Å². The average Bonchev–Trinajstić information content (AvgIpc) is 2.84. The lowest BCUT2D eigenvalue weighted by Crippen LogP contribution is -2.15. The van der Waals surface area contributed by atoms with Crippen LogP contribution in [0.5, 0.6) is 6.01 Å². The molecule has 0 amide bonds. The van der Waals surface area contributed by atoms with Gasteiger partial charge in [-0.25, -0.2) is 5.84 Å². The van der Waals surface area contributed by atoms with E-state index in [0.29, 0.717) is 12.5 Å². The van der Waals surface area contributed by atoms with Gasteiger partial charge >= 0.3 is 6.01 Å². The molecule has 0 spiro atoms. The lowest BCUT2D eigenvalue weighted by molar-refractivity contribution is 0.379. The van der Waals surface area contributed by atoms with Gasteiger partial charge in [0.15, 0.2) is 0 Å². The molecule has 0 saturated carbocycles. The maximum Gasteiger partial charge on any atom is 0.322 e. The number of nitrogens with two attached hydrogens (primary N) is 1. The first kappa shape index (κ1) is 13.0. The molecule has 2 aromatic heterocycles. The van der Waals surface area contributed by atoms with Gasteiger partial charge in [-0.05, 0) is 12.0 Å². The van der Waals surface area contributed by atoms with Crippen molar-refractivity contribution in [3.8, 4) is 6.01 Å². The van der Waals surface area contributed by atoms with E-state index in [1.165, 1.54) is 7.11 Å². The number of anilines is 2. The highest BCUT2D eigenvalue weighted by molar-refractivity contribution is 5.35. The Morgan fingerprint density at radius 1 is 1.32 bits per heavy atom. The van der Waals surface area contributed by atoms with Gasteiger partial charge in [-0.2, -0.15) is 20.1 Å². The van der Waals surface area contributed by atoms with Gasteiger partial charge in [-0.1, -0.05) is 0 Å². The molecule has 0 atom stereocenters. The highest BCUT2D eigenvalue weighted by Gasteiger charge is 2.05. The van der Waals surface area contributed by atoms with Crippen LogP contribution in [0.25, 0.3) is 0 Å². The molecule has 0 unspecified atom stereocenters. The number of aryl methyl sites for hydroxylation is 1. The van der Waals surface area contributed by atoms with Crippen LogP contribution in [0.3, 0.4) is 0 Å². The maximum atomic E-state index is 5.27. The van der Waals surface area contributed by atoms with Crippen molar-refractivity contribution >= 4 is 11.9 Å². The fourth-order valence-corrected chi connectivity index (χ4v) is 1.51. The van der Waals surface area contributed by atoms with Crippen LogP contribution in [0.4, 0.5) is 11.9 Å². The molecule has 102 valence electrons. The first-order chi connectivity index (χ1) is 9.21. The van der Waals surface area contributed by atoms with Gasteiger partial charge in [-0.3, -0.25) is 10.1 Å². The third-order valence-corrected chi connectivity index (χ3v) is 2.38. The summed E-state index contributed by atoms with van der Waals surface area (Å²) >= 11 is 0. The number of nitrogens with one attached hydrogen (secondary N) is 2. The molecule has 2 rings (SSSR count). The number of hydrogen-bond acceptors (Lipinski definition) is 8. The molecular weight excluding hydrogens is 248 g/mol. The molecule has 0 aromatic carbocycles. The molecule has 0 aliphatic carbocycles. The Labute approximate surface area is 110 Å². The van der Waals surface area contributed by atoms with Crippen molar-refractivity contribution in [3.63, 3.8) is 0 Å². The van der Waals surface area contributed by atoms with Crippen molar-refractivity contribution in [2.45, 2.75) is 6.42 Å². The highest BCUT2D eigenvalue weighted by Crippen LogP contribution is 2.09. The normalized spacial score (nSPS) is 10.3. The Hall–Kier alpha value is -2.42. The summed E-state index contributed by atoms with van der Waals surface area (Å²) < 4.78 is 6.72. The molecule has 9 nitrogen and oxygen atoms in total. The molecule has 0 radical (unpaired) electrons. The molecule has 19 heavy (non-hydrogen) atoms. The number of ether oxygens (including phenoxy) is 1. The molecule has 2 aromatic rings. The summed E-state index contributed by atoms with van der Waals surface area (Å²) in [6.45, 7) is 0.670. The zero-order valence-corrected chi connectivity index (χ0v) is 10.8. The minimum absolute atomic E-state index is 0.201. The van der Waals surface area contributed by atoms with Crippen LogP contribution < -0.4 is 21.3 Å². The van der Waals surface area contributed by atoms with Crippen molar-refractivity contribution in [1.29, 1.82) is 0 Å². The molecule has 0 fully saturated rings. The number of nitrogen functional groups attached to an aromatic ring is 1. The Morgan fingerprint density at radius 3 is 2.74 bits per heavy atom. The van der Waals surface area contributed by atoms with E-state index >= 15 is 0 Å². The van der Waals surface area contributed by atoms with Crippen LogP contribution in [0, 0.1) is 0 Å². The van der Waals surface area contributed by atoms with E-state index in [-0.39, 0.29) is 12.0 Å². The van der Waals surface area contributed by atoms with E-state index < -0.39 is 0 Å². The molecule has 0 aliphatic rings. The molecule has 9 heteroatoms. The van der Waals surface area contributed by atoms with E-state index in [0.717, 1.165) is 12.0 Å². The molecule has 0 aliphatic heterocycles. The van der Waals surface area contributed by atoms with Crippen LogP contribution in [0.15, 0.2) is 12.4 Å². The third-order valence-electron chi connectivity index (χ3n) is 2.38. The van der Waals surface area contributed by atoms with E-state index in [2.05, 4.69) is 30.8 Å².